The quantitative estimate of drug-likeness (QED) is 0.789. The molecule has 0 aromatic carbocycles. The van der Waals surface area contributed by atoms with Crippen molar-refractivity contribution in [3.63, 3.8) is 0 Å². The average molecular weight is 225 g/mol. The lowest BCUT2D eigenvalue weighted by atomic mass is 10.1. The summed E-state index contributed by atoms with van der Waals surface area (Å²) in [6.45, 7) is 1.99. The number of hydrogen-bond donors (Lipinski definition) is 1. The molecule has 1 aromatic heterocycles. The van der Waals surface area contributed by atoms with Crippen molar-refractivity contribution < 1.29 is 19.1 Å². The van der Waals surface area contributed by atoms with Crippen molar-refractivity contribution >= 4 is 11.9 Å². The van der Waals surface area contributed by atoms with Crippen LogP contribution in [0.25, 0.3) is 0 Å². The molecule has 1 heterocycles. The summed E-state index contributed by atoms with van der Waals surface area (Å²) in [5, 5.41) is 0. The topological polar surface area (TPSA) is 68.4 Å². The van der Waals surface area contributed by atoms with E-state index in [4.69, 9.17) is 0 Å². The number of aryl methyl sites for hydroxylation is 1. The number of hydrogen-bond acceptors (Lipinski definition) is 4. The van der Waals surface area contributed by atoms with Crippen molar-refractivity contribution in [1.82, 2.24) is 4.98 Å². The van der Waals surface area contributed by atoms with Gasteiger partial charge in [0.15, 0.2) is 0 Å². The highest BCUT2D eigenvalue weighted by Crippen LogP contribution is 2.18. The molecule has 0 saturated heterocycles. The monoisotopic (exact) mass is 225 g/mol. The Labute approximate surface area is 93.7 Å². The lowest BCUT2D eigenvalue weighted by Crippen LogP contribution is -2.11. The summed E-state index contributed by atoms with van der Waals surface area (Å²) in [5.74, 6) is -1.07. The Morgan fingerprint density at radius 2 is 1.88 bits per heavy atom. The van der Waals surface area contributed by atoms with Gasteiger partial charge in [-0.3, -0.25) is 0 Å². The van der Waals surface area contributed by atoms with Gasteiger partial charge < -0.3 is 14.5 Å². The molecule has 0 aliphatic carbocycles. The highest BCUT2D eigenvalue weighted by molar-refractivity contribution is 6.04. The summed E-state index contributed by atoms with van der Waals surface area (Å²) >= 11 is 0. The predicted octanol–water partition coefficient (Wildman–Crippen LogP) is 1.54. The van der Waals surface area contributed by atoms with Gasteiger partial charge in [-0.15, -0.1) is 0 Å². The van der Waals surface area contributed by atoms with Gasteiger partial charge in [-0.05, 0) is 6.42 Å². The molecule has 0 amide bonds. The first-order valence-corrected chi connectivity index (χ1v) is 5.02. The second kappa shape index (κ2) is 5.34. The Morgan fingerprint density at radius 3 is 2.38 bits per heavy atom. The number of aromatic nitrogens is 1. The maximum absolute atomic E-state index is 11.6. The predicted molar refractivity (Wildman–Crippen MR) is 57.5 cm³/mol. The van der Waals surface area contributed by atoms with Crippen LogP contribution in [0.1, 0.15) is 39.8 Å². The highest BCUT2D eigenvalue weighted by Gasteiger charge is 2.23. The standard InChI is InChI=1S/C11H15NO4/c1-4-5-8-9(11(14)16-3)7(6-12-8)10(13)15-2/h6,12H,4-5H2,1-3H3. The molecule has 1 rings (SSSR count). The molecule has 5 nitrogen and oxygen atoms in total. The summed E-state index contributed by atoms with van der Waals surface area (Å²) in [7, 11) is 2.56. The fourth-order valence-corrected chi connectivity index (χ4v) is 1.52. The number of carbonyl (C=O) groups excluding carboxylic acids is 2. The zero-order chi connectivity index (χ0) is 12.1. The van der Waals surface area contributed by atoms with E-state index in [0.29, 0.717) is 12.1 Å². The van der Waals surface area contributed by atoms with Gasteiger partial charge in [0.1, 0.15) is 0 Å². The molecule has 0 saturated carbocycles. The average Bonchev–Trinajstić information content (AvgIpc) is 2.71. The first kappa shape index (κ1) is 12.3. The van der Waals surface area contributed by atoms with Crippen LogP contribution in [0, 0.1) is 0 Å². The van der Waals surface area contributed by atoms with Crippen LogP contribution in [-0.2, 0) is 15.9 Å². The molecule has 5 heteroatoms. The van der Waals surface area contributed by atoms with Crippen LogP contribution in [0.15, 0.2) is 6.20 Å². The third-order valence-electron chi connectivity index (χ3n) is 2.26. The smallest absolute Gasteiger partial charge is 0.340 e. The molecule has 0 spiro atoms. The maximum atomic E-state index is 11.6. The van der Waals surface area contributed by atoms with Crippen molar-refractivity contribution in [2.24, 2.45) is 0 Å². The minimum atomic E-state index is -0.543. The summed E-state index contributed by atoms with van der Waals surface area (Å²) in [4.78, 5) is 25.9. The van der Waals surface area contributed by atoms with Crippen LogP contribution in [0.3, 0.4) is 0 Å². The Bertz CT molecular complexity index is 395. The number of aromatic amines is 1. The minimum Gasteiger partial charge on any atom is -0.465 e. The van der Waals surface area contributed by atoms with Crippen LogP contribution in [0.4, 0.5) is 0 Å². The molecule has 0 aliphatic heterocycles. The molecule has 1 N–H and O–H groups in total. The Balaban J connectivity index is 3.19. The van der Waals surface area contributed by atoms with Crippen molar-refractivity contribution in [2.75, 3.05) is 14.2 Å². The number of rotatable bonds is 4. The summed E-state index contributed by atoms with van der Waals surface area (Å²) in [5.41, 5.74) is 1.20. The van der Waals surface area contributed by atoms with Gasteiger partial charge in [0.05, 0.1) is 25.3 Å². The molecule has 88 valence electrons. The van der Waals surface area contributed by atoms with Gasteiger partial charge >= 0.3 is 11.9 Å². The number of methoxy groups -OCH3 is 2. The normalized spacial score (nSPS) is 9.94. The van der Waals surface area contributed by atoms with Crippen molar-refractivity contribution in [3.8, 4) is 0 Å². The first-order valence-electron chi connectivity index (χ1n) is 5.02. The van der Waals surface area contributed by atoms with E-state index in [1.54, 1.807) is 0 Å². The molecule has 0 unspecified atom stereocenters. The van der Waals surface area contributed by atoms with E-state index >= 15 is 0 Å². The van der Waals surface area contributed by atoms with E-state index in [-0.39, 0.29) is 11.1 Å². The van der Waals surface area contributed by atoms with E-state index in [1.165, 1.54) is 20.4 Å². The maximum Gasteiger partial charge on any atom is 0.340 e. The van der Waals surface area contributed by atoms with Gasteiger partial charge in [0, 0.05) is 11.9 Å². The Morgan fingerprint density at radius 1 is 1.25 bits per heavy atom. The van der Waals surface area contributed by atoms with E-state index in [9.17, 15) is 9.59 Å². The SMILES string of the molecule is CCCc1[nH]cc(C(=O)OC)c1C(=O)OC. The minimum absolute atomic E-state index is 0.220. The van der Waals surface area contributed by atoms with Crippen LogP contribution in [0.2, 0.25) is 0 Å². The summed E-state index contributed by atoms with van der Waals surface area (Å²) in [6.07, 6.45) is 3.02. The molecule has 1 aromatic rings. The summed E-state index contributed by atoms with van der Waals surface area (Å²) < 4.78 is 9.25. The second-order valence-corrected chi connectivity index (χ2v) is 3.29. The highest BCUT2D eigenvalue weighted by atomic mass is 16.5. The van der Waals surface area contributed by atoms with E-state index in [1.807, 2.05) is 6.92 Å². The molecular formula is C11H15NO4. The number of nitrogens with one attached hydrogen (secondary N) is 1. The number of H-pyrrole nitrogens is 1. The van der Waals surface area contributed by atoms with Crippen LogP contribution < -0.4 is 0 Å². The molecule has 0 aliphatic rings. The van der Waals surface area contributed by atoms with E-state index in [2.05, 4.69) is 14.5 Å². The molecule has 0 fully saturated rings. The Kier molecular flexibility index (Phi) is 4.10. The van der Waals surface area contributed by atoms with Gasteiger partial charge in [0.25, 0.3) is 0 Å². The molecule has 0 radical (unpaired) electrons. The van der Waals surface area contributed by atoms with E-state index in [0.717, 1.165) is 6.42 Å². The summed E-state index contributed by atoms with van der Waals surface area (Å²) in [6, 6.07) is 0. The lowest BCUT2D eigenvalue weighted by molar-refractivity contribution is 0.0555. The van der Waals surface area contributed by atoms with Gasteiger partial charge in [-0.2, -0.15) is 0 Å². The van der Waals surface area contributed by atoms with Crippen molar-refractivity contribution in [3.05, 3.63) is 23.0 Å². The largest absolute Gasteiger partial charge is 0.465 e. The molecule has 16 heavy (non-hydrogen) atoms. The van der Waals surface area contributed by atoms with Crippen LogP contribution in [-0.4, -0.2) is 31.1 Å². The lowest BCUT2D eigenvalue weighted by Gasteiger charge is -2.03. The zero-order valence-electron chi connectivity index (χ0n) is 9.62. The third-order valence-corrected chi connectivity index (χ3v) is 2.26. The fourth-order valence-electron chi connectivity index (χ4n) is 1.52. The number of carbonyl (C=O) groups is 2. The third kappa shape index (κ3) is 2.24. The van der Waals surface area contributed by atoms with Gasteiger partial charge in [0.2, 0.25) is 0 Å². The number of ether oxygens (including phenoxy) is 2. The van der Waals surface area contributed by atoms with E-state index < -0.39 is 11.9 Å². The number of esters is 2. The van der Waals surface area contributed by atoms with Gasteiger partial charge in [-0.1, -0.05) is 13.3 Å². The molecule has 0 atom stereocenters. The van der Waals surface area contributed by atoms with Gasteiger partial charge in [-0.25, -0.2) is 9.59 Å². The Hall–Kier alpha value is -1.78. The van der Waals surface area contributed by atoms with Crippen molar-refractivity contribution in [2.45, 2.75) is 19.8 Å². The van der Waals surface area contributed by atoms with Crippen LogP contribution >= 0.6 is 0 Å². The molecule has 0 bridgehead atoms. The van der Waals surface area contributed by atoms with Crippen molar-refractivity contribution in [1.29, 1.82) is 0 Å². The van der Waals surface area contributed by atoms with Crippen LogP contribution in [0.5, 0.6) is 0 Å². The zero-order valence-corrected chi connectivity index (χ0v) is 9.62. The molecular weight excluding hydrogens is 210 g/mol. The fraction of sp³-hybridized carbons (Fsp3) is 0.455. The second-order valence-electron chi connectivity index (χ2n) is 3.29. The first-order chi connectivity index (χ1) is 7.65.